The Balaban J connectivity index is 1.91. The minimum atomic E-state index is -4.57. The van der Waals surface area contributed by atoms with E-state index in [1.54, 1.807) is 30.3 Å². The zero-order valence-electron chi connectivity index (χ0n) is 19.0. The van der Waals surface area contributed by atoms with E-state index in [1.165, 1.54) is 25.5 Å². The number of terminal acetylenes is 1. The fraction of sp³-hybridized carbons (Fsp3) is 0.115. The third-order valence-electron chi connectivity index (χ3n) is 5.19. The first-order chi connectivity index (χ1) is 17.7. The normalized spacial score (nSPS) is 11.6. The Kier molecular flexibility index (Phi) is 7.71. The highest BCUT2D eigenvalue weighted by molar-refractivity contribution is 9.13. The number of halogens is 5. The van der Waals surface area contributed by atoms with Gasteiger partial charge in [0, 0.05) is 15.6 Å². The Bertz CT molecular complexity index is 1630. The average molecular weight is 635 g/mol. The van der Waals surface area contributed by atoms with Crippen molar-refractivity contribution in [3.8, 4) is 35.2 Å². The molecule has 0 saturated heterocycles. The number of nitrogens with zero attached hydrogens (tertiary/aromatic N) is 3. The van der Waals surface area contributed by atoms with Gasteiger partial charge >= 0.3 is 6.18 Å². The first-order valence-electron chi connectivity index (χ1n) is 10.5. The number of rotatable bonds is 6. The van der Waals surface area contributed by atoms with E-state index in [1.807, 2.05) is 0 Å². The van der Waals surface area contributed by atoms with Crippen molar-refractivity contribution in [1.29, 1.82) is 0 Å². The van der Waals surface area contributed by atoms with Crippen LogP contribution in [0.2, 0.25) is 0 Å². The third kappa shape index (κ3) is 5.40. The quantitative estimate of drug-likeness (QED) is 0.179. The summed E-state index contributed by atoms with van der Waals surface area (Å²) >= 11 is 6.89. The van der Waals surface area contributed by atoms with Gasteiger partial charge in [0.2, 0.25) is 0 Å². The molecule has 0 aliphatic heterocycles. The fourth-order valence-corrected chi connectivity index (χ4v) is 4.41. The van der Waals surface area contributed by atoms with E-state index < -0.39 is 17.3 Å². The molecule has 6 nitrogen and oxygen atoms in total. The van der Waals surface area contributed by atoms with Crippen LogP contribution in [0.5, 0.6) is 11.5 Å². The summed E-state index contributed by atoms with van der Waals surface area (Å²) in [4.78, 5) is 17.8. The van der Waals surface area contributed by atoms with E-state index in [9.17, 15) is 18.0 Å². The van der Waals surface area contributed by atoms with Gasteiger partial charge in [0.1, 0.15) is 6.61 Å². The minimum Gasteiger partial charge on any atom is -0.493 e. The number of methoxy groups -OCH3 is 1. The molecule has 0 atom stereocenters. The maximum Gasteiger partial charge on any atom is 0.416 e. The second kappa shape index (κ2) is 10.8. The number of aromatic nitrogens is 2. The molecule has 0 aliphatic rings. The molecule has 4 aromatic rings. The number of para-hydroxylation sites is 1. The molecule has 3 aromatic carbocycles. The monoisotopic (exact) mass is 633 g/mol. The van der Waals surface area contributed by atoms with E-state index in [2.05, 4.69) is 47.9 Å². The molecule has 188 valence electrons. The molecule has 11 heteroatoms. The summed E-state index contributed by atoms with van der Waals surface area (Å²) in [5.41, 5.74) is -0.545. The lowest BCUT2D eigenvalue weighted by Crippen LogP contribution is -2.20. The largest absolute Gasteiger partial charge is 0.493 e. The average Bonchev–Trinajstić information content (AvgIpc) is 2.89. The van der Waals surface area contributed by atoms with Crippen LogP contribution < -0.4 is 15.0 Å². The lowest BCUT2D eigenvalue weighted by molar-refractivity contribution is -0.137. The summed E-state index contributed by atoms with van der Waals surface area (Å²) < 4.78 is 53.1. The second-order valence-corrected chi connectivity index (χ2v) is 9.10. The van der Waals surface area contributed by atoms with E-state index >= 15 is 0 Å². The van der Waals surface area contributed by atoms with Gasteiger partial charge in [-0.1, -0.05) is 30.2 Å². The van der Waals surface area contributed by atoms with Crippen LogP contribution in [-0.4, -0.2) is 29.6 Å². The van der Waals surface area contributed by atoms with Crippen LogP contribution in [0.4, 0.5) is 13.2 Å². The molecule has 0 fully saturated rings. The highest BCUT2D eigenvalue weighted by Gasteiger charge is 2.31. The molecule has 0 N–H and O–H groups in total. The van der Waals surface area contributed by atoms with Gasteiger partial charge in [-0.3, -0.25) is 4.79 Å². The summed E-state index contributed by atoms with van der Waals surface area (Å²) in [5, 5.41) is 4.58. The van der Waals surface area contributed by atoms with E-state index in [0.29, 0.717) is 31.5 Å². The Hall–Kier alpha value is -3.62. The van der Waals surface area contributed by atoms with Gasteiger partial charge in [-0.05, 0) is 62.2 Å². The molecule has 0 radical (unpaired) electrons. The summed E-state index contributed by atoms with van der Waals surface area (Å²) in [7, 11) is 1.45. The second-order valence-electron chi connectivity index (χ2n) is 7.51. The Labute approximate surface area is 226 Å². The number of hydrogen-bond donors (Lipinski definition) is 0. The molecule has 0 amide bonds. The highest BCUT2D eigenvalue weighted by Crippen LogP contribution is 2.42. The smallest absolute Gasteiger partial charge is 0.416 e. The predicted octanol–water partition coefficient (Wildman–Crippen LogP) is 6.51. The molecular weight excluding hydrogens is 619 g/mol. The van der Waals surface area contributed by atoms with Gasteiger partial charge in [-0.2, -0.15) is 22.9 Å². The first kappa shape index (κ1) is 26.4. The number of alkyl halides is 3. The van der Waals surface area contributed by atoms with Gasteiger partial charge in [0.05, 0.1) is 34.3 Å². The van der Waals surface area contributed by atoms with Crippen LogP contribution in [0.15, 0.2) is 73.4 Å². The highest BCUT2D eigenvalue weighted by atomic mass is 79.9. The summed E-state index contributed by atoms with van der Waals surface area (Å²) in [6.07, 6.45) is 2.07. The van der Waals surface area contributed by atoms with Crippen molar-refractivity contribution in [2.45, 2.75) is 6.18 Å². The third-order valence-corrected chi connectivity index (χ3v) is 7.33. The minimum absolute atomic E-state index is 0.00728. The van der Waals surface area contributed by atoms with Crippen LogP contribution in [0.1, 0.15) is 11.1 Å². The Morgan fingerprint density at radius 1 is 1.14 bits per heavy atom. The molecule has 1 heterocycles. The van der Waals surface area contributed by atoms with E-state index in [0.717, 1.165) is 16.8 Å². The van der Waals surface area contributed by atoms with Crippen molar-refractivity contribution in [3.05, 3.63) is 85.0 Å². The first-order valence-corrected chi connectivity index (χ1v) is 12.1. The summed E-state index contributed by atoms with van der Waals surface area (Å²) in [5.74, 6) is 3.02. The number of fused-ring (bicyclic) bond motifs is 1. The molecule has 0 unspecified atom stereocenters. The SMILES string of the molecule is C#CCOc1c(OC)cc(C=Nn2c(-c3cccc(C(F)(F)F)c3)nc3ccccc3c2=O)c(Br)c1Br. The fourth-order valence-electron chi connectivity index (χ4n) is 3.47. The molecular formula is C26H16Br2F3N3O3. The molecule has 4 rings (SSSR count). The van der Waals surface area contributed by atoms with E-state index in [4.69, 9.17) is 15.9 Å². The van der Waals surface area contributed by atoms with Gasteiger partial charge in [0.25, 0.3) is 5.56 Å². The molecule has 37 heavy (non-hydrogen) atoms. The lowest BCUT2D eigenvalue weighted by atomic mass is 10.1. The number of hydrogen-bond acceptors (Lipinski definition) is 5. The molecule has 1 aromatic heterocycles. The van der Waals surface area contributed by atoms with Crippen LogP contribution >= 0.6 is 31.9 Å². The van der Waals surface area contributed by atoms with Crippen LogP contribution in [0, 0.1) is 12.3 Å². The van der Waals surface area contributed by atoms with Crippen molar-refractivity contribution < 1.29 is 22.6 Å². The van der Waals surface area contributed by atoms with Gasteiger partial charge in [-0.25, -0.2) is 4.98 Å². The predicted molar refractivity (Wildman–Crippen MR) is 142 cm³/mol. The van der Waals surface area contributed by atoms with Gasteiger partial charge in [0.15, 0.2) is 17.3 Å². The van der Waals surface area contributed by atoms with E-state index in [-0.39, 0.29) is 23.4 Å². The maximum atomic E-state index is 13.4. The summed E-state index contributed by atoms with van der Waals surface area (Å²) in [6.45, 7) is 0.00728. The van der Waals surface area contributed by atoms with Crippen LogP contribution in [0.3, 0.4) is 0 Å². The lowest BCUT2D eigenvalue weighted by Gasteiger charge is -2.14. The maximum absolute atomic E-state index is 13.4. The Morgan fingerprint density at radius 3 is 2.59 bits per heavy atom. The standard InChI is InChI=1S/C26H16Br2F3N3O3/c1-3-11-37-23-20(36-2)13-16(21(27)22(23)28)14-32-34-24(15-7-6-8-17(12-15)26(29,30)31)33-19-10-5-4-9-18(19)25(34)35/h1,4-10,12-14H,11H2,2H3. The number of ether oxygens (including phenoxy) is 2. The molecule has 0 bridgehead atoms. The number of benzene rings is 3. The van der Waals surface area contributed by atoms with Crippen LogP contribution in [0.25, 0.3) is 22.3 Å². The zero-order chi connectivity index (χ0) is 26.7. The summed E-state index contributed by atoms with van der Waals surface area (Å²) in [6, 6.07) is 12.7. The Morgan fingerprint density at radius 2 is 1.89 bits per heavy atom. The molecule has 0 spiro atoms. The molecule has 0 saturated carbocycles. The molecule has 0 aliphatic carbocycles. The topological polar surface area (TPSA) is 65.7 Å². The van der Waals surface area contributed by atoms with Crippen molar-refractivity contribution in [3.63, 3.8) is 0 Å². The zero-order valence-corrected chi connectivity index (χ0v) is 22.2. The van der Waals surface area contributed by atoms with Crippen molar-refractivity contribution in [2.24, 2.45) is 5.10 Å². The van der Waals surface area contributed by atoms with Crippen molar-refractivity contribution in [1.82, 2.24) is 9.66 Å². The van der Waals surface area contributed by atoms with Crippen molar-refractivity contribution in [2.75, 3.05) is 13.7 Å². The van der Waals surface area contributed by atoms with Crippen LogP contribution in [-0.2, 0) is 6.18 Å². The van der Waals surface area contributed by atoms with Gasteiger partial charge in [-0.15, -0.1) is 6.42 Å². The van der Waals surface area contributed by atoms with Crippen molar-refractivity contribution >= 4 is 49.0 Å². The van der Waals surface area contributed by atoms with Gasteiger partial charge < -0.3 is 9.47 Å².